The number of esters is 2. The minimum atomic E-state index is -1.26. The third kappa shape index (κ3) is 6.49. The van der Waals surface area contributed by atoms with E-state index in [1.165, 1.54) is 7.11 Å². The molecule has 0 saturated carbocycles. The molecule has 51 heavy (non-hydrogen) atoms. The standard InChI is InChI=1S/C40H41N4O6.Mg/c1-9-23-20(5)27-15-28-21(6)25(11-12-33(46)50-14-13-19(3)4)37(43-28)35-36(40(48)49-8)39(47)34-22(7)29(44-38(34)35)16-31-24(10-2)26(18-45)32(42-31)17-30(23)41-27;/h9-10,15-18,21,25,36H,1,3,11-14H2,2,4-8H3,(H2-,43,44,45,47);/q-3;+2/p-1/b24-10+,26-18+,28-15-,31-16-,32-17-;/t21-,25-,36+;/m0./s1. The summed E-state index contributed by atoms with van der Waals surface area (Å²) in [6.45, 7) is 17.6. The molecule has 5 heterocycles. The molecule has 0 amide bonds. The molecular formula is C40H40MgN4O6-2. The van der Waals surface area contributed by atoms with E-state index >= 15 is 0 Å². The smallest absolute Gasteiger partial charge is 0.664 e. The van der Waals surface area contributed by atoms with Gasteiger partial charge in [-0.05, 0) is 62.0 Å². The van der Waals surface area contributed by atoms with E-state index in [0.717, 1.165) is 23.0 Å². The molecule has 260 valence electrons. The molecule has 0 aromatic carbocycles. The molecule has 1 saturated heterocycles. The fourth-order valence-corrected chi connectivity index (χ4v) is 7.19. The molecule has 2 aliphatic heterocycles. The summed E-state index contributed by atoms with van der Waals surface area (Å²) < 4.78 is 10.7. The predicted molar refractivity (Wildman–Crippen MR) is 198 cm³/mol. The molecule has 3 atom stereocenters. The molecule has 1 fully saturated rings. The zero-order chi connectivity index (χ0) is 36.0. The van der Waals surface area contributed by atoms with E-state index in [1.807, 2.05) is 45.9 Å². The Morgan fingerprint density at radius 2 is 1.69 bits per heavy atom. The van der Waals surface area contributed by atoms with Gasteiger partial charge < -0.3 is 34.8 Å². The number of aliphatic hydroxyl groups excluding tert-OH is 1. The Morgan fingerprint density at radius 1 is 1.00 bits per heavy atom. The van der Waals surface area contributed by atoms with Crippen LogP contribution in [0, 0.1) is 31.6 Å². The van der Waals surface area contributed by atoms with E-state index in [2.05, 4.69) is 13.2 Å². The first-order chi connectivity index (χ1) is 23.9. The molecule has 8 bridgehead atoms. The van der Waals surface area contributed by atoms with Crippen LogP contribution in [0.2, 0.25) is 0 Å². The van der Waals surface area contributed by atoms with Gasteiger partial charge in [-0.25, -0.2) is 0 Å². The van der Waals surface area contributed by atoms with Crippen LogP contribution in [-0.2, 0) is 19.1 Å². The van der Waals surface area contributed by atoms with Crippen LogP contribution in [0.3, 0.4) is 0 Å². The number of hydrogen-bond donors (Lipinski definition) is 1. The van der Waals surface area contributed by atoms with Crippen molar-refractivity contribution in [1.29, 1.82) is 0 Å². The van der Waals surface area contributed by atoms with Crippen LogP contribution in [0.4, 0.5) is 0 Å². The third-order valence-corrected chi connectivity index (χ3v) is 9.96. The van der Waals surface area contributed by atoms with Crippen molar-refractivity contribution in [2.75, 3.05) is 13.7 Å². The largest absolute Gasteiger partial charge is 2.00 e. The van der Waals surface area contributed by atoms with Gasteiger partial charge in [-0.15, -0.1) is 40.1 Å². The van der Waals surface area contributed by atoms with Gasteiger partial charge in [-0.2, -0.15) is 11.4 Å². The Labute approximate surface area is 312 Å². The monoisotopic (exact) mass is 696 g/mol. The van der Waals surface area contributed by atoms with Gasteiger partial charge in [0.1, 0.15) is 5.92 Å². The van der Waals surface area contributed by atoms with Crippen molar-refractivity contribution in [3.8, 4) is 0 Å². The third-order valence-electron chi connectivity index (χ3n) is 9.96. The molecular weight excluding hydrogens is 657 g/mol. The first-order valence-electron chi connectivity index (χ1n) is 16.7. The second-order valence-electron chi connectivity index (χ2n) is 13.0. The number of fused-ring (bicyclic) bond motifs is 7. The quantitative estimate of drug-likeness (QED) is 0.162. The van der Waals surface area contributed by atoms with Crippen LogP contribution in [0.1, 0.15) is 89.9 Å². The van der Waals surface area contributed by atoms with Crippen LogP contribution in [-0.4, -0.2) is 59.6 Å². The fourth-order valence-electron chi connectivity index (χ4n) is 7.19. The molecule has 11 heteroatoms. The number of nitrogens with zero attached hydrogens (tertiary/aromatic N) is 4. The topological polar surface area (TPSA) is 146 Å². The Balaban J connectivity index is 0.00000504. The summed E-state index contributed by atoms with van der Waals surface area (Å²) in [5.74, 6) is -3.29. The molecule has 0 spiro atoms. The number of methoxy groups -OCH3 is 1. The number of aliphatic hydroxyl groups is 1. The molecule has 3 aromatic rings. The number of carbonyl (C=O) groups excluding carboxylic acids is 3. The van der Waals surface area contributed by atoms with Gasteiger partial charge in [0, 0.05) is 18.4 Å². The molecule has 1 aliphatic carbocycles. The molecule has 10 nitrogen and oxygen atoms in total. The van der Waals surface area contributed by atoms with Gasteiger partial charge in [0.15, 0.2) is 5.78 Å². The van der Waals surface area contributed by atoms with E-state index in [1.54, 1.807) is 19.1 Å². The van der Waals surface area contributed by atoms with E-state index in [9.17, 15) is 19.5 Å². The number of hydrogen-bond acceptors (Lipinski definition) is 6. The molecule has 1 N–H and O–H groups in total. The molecule has 3 aromatic heterocycles. The first-order valence-corrected chi connectivity index (χ1v) is 16.7. The number of Topliss-reactive ketones (excluding diaryl/α,β-unsaturated/α-hetero) is 1. The molecule has 0 radical (unpaired) electrons. The Hall–Kier alpha value is -4.74. The fraction of sp³-hybridized carbons (Fsp3) is 0.325. The zero-order valence-corrected chi connectivity index (χ0v) is 31.3. The molecule has 3 aliphatic rings. The van der Waals surface area contributed by atoms with Crippen molar-refractivity contribution in [1.82, 2.24) is 15.0 Å². The summed E-state index contributed by atoms with van der Waals surface area (Å²) in [5.41, 5.74) is 7.30. The van der Waals surface area contributed by atoms with Crippen LogP contribution in [0.15, 0.2) is 30.1 Å². The Kier molecular flexibility index (Phi) is 10.9. The summed E-state index contributed by atoms with van der Waals surface area (Å²) in [5, 5.41) is 17.7. The van der Waals surface area contributed by atoms with Gasteiger partial charge >= 0.3 is 35.0 Å². The van der Waals surface area contributed by atoms with Gasteiger partial charge in [-0.1, -0.05) is 66.2 Å². The van der Waals surface area contributed by atoms with Gasteiger partial charge in [0.2, 0.25) is 0 Å². The minimum Gasteiger partial charge on any atom is -0.664 e. The zero-order valence-electron chi connectivity index (χ0n) is 29.9. The number of ether oxygens (including phenoxy) is 2. The van der Waals surface area contributed by atoms with E-state index < -0.39 is 17.7 Å². The van der Waals surface area contributed by atoms with E-state index in [4.69, 9.17) is 29.7 Å². The maximum Gasteiger partial charge on any atom is 2.00 e. The normalized spacial score (nSPS) is 23.3. The van der Waals surface area contributed by atoms with Crippen molar-refractivity contribution < 1.29 is 29.0 Å². The second-order valence-corrected chi connectivity index (χ2v) is 13.0. The number of aromatic nitrogens is 3. The summed E-state index contributed by atoms with van der Waals surface area (Å²) in [7, 11) is 1.25. The SMILES string of the molecule is C=Cc1c2[n-]c(c1C)/C=C1\[N-]/C(=C3\c4[n-]c(c(C)c4C(=O)[C@@H]3C(=O)OC)\C=c3[n-]c(/c(=C/O)c/3=C\C)=C\2)[C@@H](CCC(=O)OCCC(=C)C)[C@@H]1C.[Mg+2]. The Morgan fingerprint density at radius 3 is 2.33 bits per heavy atom. The number of carbonyl (C=O) groups is 3. The van der Waals surface area contributed by atoms with Crippen molar-refractivity contribution in [2.24, 2.45) is 17.8 Å². The van der Waals surface area contributed by atoms with E-state index in [0.29, 0.717) is 84.8 Å². The van der Waals surface area contributed by atoms with Crippen LogP contribution in [0.5, 0.6) is 0 Å². The van der Waals surface area contributed by atoms with E-state index in [-0.39, 0.29) is 53.9 Å². The number of rotatable bonds is 8. The van der Waals surface area contributed by atoms with Crippen molar-refractivity contribution >= 4 is 83.0 Å². The number of allylic oxidation sites excluding steroid dienone is 2. The summed E-state index contributed by atoms with van der Waals surface area (Å²) in [4.78, 5) is 55.2. The summed E-state index contributed by atoms with van der Waals surface area (Å²) in [6.07, 6.45) is 11.2. The first kappa shape index (κ1) is 37.5. The van der Waals surface area contributed by atoms with Crippen molar-refractivity contribution in [3.63, 3.8) is 0 Å². The van der Waals surface area contributed by atoms with Crippen molar-refractivity contribution in [2.45, 2.75) is 53.9 Å². The Bertz CT molecular complexity index is 2300. The van der Waals surface area contributed by atoms with Gasteiger partial charge in [0.25, 0.3) is 0 Å². The van der Waals surface area contributed by atoms with Gasteiger partial charge in [-0.3, -0.25) is 14.4 Å². The predicted octanol–water partition coefficient (Wildman–Crippen LogP) is 3.17. The maximum atomic E-state index is 14.2. The number of ketones is 1. The summed E-state index contributed by atoms with van der Waals surface area (Å²) >= 11 is 0. The second kappa shape index (κ2) is 14.9. The minimum absolute atomic E-state index is 0. The maximum absolute atomic E-state index is 14.2. The molecule has 6 rings (SSSR count). The van der Waals surface area contributed by atoms with Crippen LogP contribution in [0.25, 0.3) is 47.5 Å². The van der Waals surface area contributed by atoms with Crippen LogP contribution >= 0.6 is 0 Å². The average molecular weight is 697 g/mol. The summed E-state index contributed by atoms with van der Waals surface area (Å²) in [6, 6.07) is 0. The average Bonchev–Trinajstić information content (AvgIpc) is 3.83. The van der Waals surface area contributed by atoms with Crippen LogP contribution < -0.4 is 36.1 Å². The van der Waals surface area contributed by atoms with Crippen molar-refractivity contribution in [3.05, 3.63) is 102 Å². The van der Waals surface area contributed by atoms with Gasteiger partial charge in [0.05, 0.1) is 20.0 Å². The molecule has 0 unspecified atom stereocenters.